The molecule has 7 heteroatoms. The molecule has 1 unspecified atom stereocenters. The van der Waals surface area contributed by atoms with E-state index in [2.05, 4.69) is 5.32 Å². The molecule has 3 aromatic carbocycles. The molecular formula is C26H25N3O3S. The normalized spacial score (nSPS) is 11.8. The Balaban J connectivity index is 1.68. The summed E-state index contributed by atoms with van der Waals surface area (Å²) >= 11 is 1.23. The van der Waals surface area contributed by atoms with Crippen molar-refractivity contribution in [2.45, 2.75) is 25.0 Å². The second-order valence-electron chi connectivity index (χ2n) is 7.72. The highest BCUT2D eigenvalue weighted by Gasteiger charge is 2.18. The zero-order chi connectivity index (χ0) is 23.4. The van der Waals surface area contributed by atoms with Crippen molar-refractivity contribution in [3.8, 4) is 11.4 Å². The summed E-state index contributed by atoms with van der Waals surface area (Å²) in [5.41, 5.74) is 3.00. The number of nitrogens with zero attached hydrogens (tertiary/aromatic N) is 2. The fourth-order valence-electron chi connectivity index (χ4n) is 3.63. The van der Waals surface area contributed by atoms with Crippen molar-refractivity contribution >= 4 is 28.6 Å². The van der Waals surface area contributed by atoms with Crippen molar-refractivity contribution in [2.75, 3.05) is 12.9 Å². The third kappa shape index (κ3) is 4.93. The minimum Gasteiger partial charge on any atom is -0.495 e. The summed E-state index contributed by atoms with van der Waals surface area (Å²) in [4.78, 5) is 30.9. The lowest BCUT2D eigenvalue weighted by molar-refractivity contribution is -0.119. The molecule has 1 atom stereocenters. The topological polar surface area (TPSA) is 73.2 Å². The van der Waals surface area contributed by atoms with Crippen LogP contribution in [-0.2, 0) is 4.79 Å². The van der Waals surface area contributed by atoms with Gasteiger partial charge in [0.25, 0.3) is 5.56 Å². The first-order valence-corrected chi connectivity index (χ1v) is 11.6. The number of fused-ring (bicyclic) bond motifs is 1. The summed E-state index contributed by atoms with van der Waals surface area (Å²) < 4.78 is 7.06. The minimum atomic E-state index is -0.204. The number of carbonyl (C=O) groups excluding carboxylic acids is 1. The SMILES string of the molecule is COc1ccc(C)cc1-n1c(SCC(=O)NC(C)c2ccccc2)nc2ccccc2c1=O. The average molecular weight is 460 g/mol. The molecular weight excluding hydrogens is 434 g/mol. The Hall–Kier alpha value is -3.58. The Morgan fingerprint density at radius 1 is 1.09 bits per heavy atom. The van der Waals surface area contributed by atoms with E-state index in [1.807, 2.05) is 74.5 Å². The lowest BCUT2D eigenvalue weighted by atomic mass is 10.1. The van der Waals surface area contributed by atoms with Crippen LogP contribution in [0.5, 0.6) is 5.75 Å². The van der Waals surface area contributed by atoms with Crippen molar-refractivity contribution in [1.29, 1.82) is 0 Å². The average Bonchev–Trinajstić information content (AvgIpc) is 2.83. The number of rotatable bonds is 7. The van der Waals surface area contributed by atoms with Crippen LogP contribution in [0.4, 0.5) is 0 Å². The number of methoxy groups -OCH3 is 1. The van der Waals surface area contributed by atoms with Gasteiger partial charge in [-0.15, -0.1) is 0 Å². The first-order valence-electron chi connectivity index (χ1n) is 10.6. The Labute approximate surface area is 196 Å². The maximum atomic E-state index is 13.5. The van der Waals surface area contributed by atoms with E-state index in [9.17, 15) is 9.59 Å². The molecule has 0 bridgehead atoms. The summed E-state index contributed by atoms with van der Waals surface area (Å²) in [6.07, 6.45) is 0. The molecule has 1 heterocycles. The smallest absolute Gasteiger partial charge is 0.266 e. The molecule has 0 aliphatic rings. The summed E-state index contributed by atoms with van der Waals surface area (Å²) in [6.45, 7) is 3.90. The van der Waals surface area contributed by atoms with Crippen molar-refractivity contribution in [1.82, 2.24) is 14.9 Å². The predicted molar refractivity (Wildman–Crippen MR) is 132 cm³/mol. The standard InChI is InChI=1S/C26H25N3O3S/c1-17-13-14-23(32-3)22(15-17)29-25(31)20-11-7-8-12-21(20)28-26(29)33-16-24(30)27-18(2)19-9-5-4-6-10-19/h4-15,18H,16H2,1-3H3,(H,27,30). The van der Waals surface area contributed by atoms with Crippen LogP contribution in [0, 0.1) is 6.92 Å². The van der Waals surface area contributed by atoms with Gasteiger partial charge in [0.1, 0.15) is 5.75 Å². The number of carbonyl (C=O) groups is 1. The van der Waals surface area contributed by atoms with Gasteiger partial charge in [-0.1, -0.05) is 60.3 Å². The lowest BCUT2D eigenvalue weighted by Gasteiger charge is -2.17. The van der Waals surface area contributed by atoms with Gasteiger partial charge < -0.3 is 10.1 Å². The molecule has 0 radical (unpaired) electrons. The molecule has 0 spiro atoms. The van der Waals surface area contributed by atoms with Gasteiger partial charge in [0.05, 0.1) is 35.5 Å². The van der Waals surface area contributed by atoms with Gasteiger partial charge in [-0.25, -0.2) is 4.98 Å². The van der Waals surface area contributed by atoms with Gasteiger partial charge in [0.15, 0.2) is 5.16 Å². The molecule has 33 heavy (non-hydrogen) atoms. The molecule has 0 aliphatic heterocycles. The highest BCUT2D eigenvalue weighted by atomic mass is 32.2. The molecule has 0 aliphatic carbocycles. The Kier molecular flexibility index (Phi) is 6.79. The highest BCUT2D eigenvalue weighted by molar-refractivity contribution is 7.99. The van der Waals surface area contributed by atoms with Crippen LogP contribution in [0.2, 0.25) is 0 Å². The van der Waals surface area contributed by atoms with E-state index in [-0.39, 0.29) is 23.3 Å². The molecule has 0 saturated heterocycles. The van der Waals surface area contributed by atoms with E-state index >= 15 is 0 Å². The van der Waals surface area contributed by atoms with Gasteiger partial charge in [0.2, 0.25) is 5.91 Å². The summed E-state index contributed by atoms with van der Waals surface area (Å²) in [7, 11) is 1.57. The van der Waals surface area contributed by atoms with Crippen molar-refractivity contribution < 1.29 is 9.53 Å². The van der Waals surface area contributed by atoms with E-state index in [0.29, 0.717) is 27.5 Å². The van der Waals surface area contributed by atoms with Crippen LogP contribution in [0.3, 0.4) is 0 Å². The first-order chi connectivity index (χ1) is 16.0. The van der Waals surface area contributed by atoms with E-state index in [0.717, 1.165) is 11.1 Å². The van der Waals surface area contributed by atoms with Crippen molar-refractivity contribution in [2.24, 2.45) is 0 Å². The first kappa shape index (κ1) is 22.6. The minimum absolute atomic E-state index is 0.121. The van der Waals surface area contributed by atoms with Crippen LogP contribution >= 0.6 is 11.8 Å². The molecule has 0 fully saturated rings. The number of thioether (sulfide) groups is 1. The number of hydrogen-bond donors (Lipinski definition) is 1. The Morgan fingerprint density at radius 2 is 1.82 bits per heavy atom. The highest BCUT2D eigenvalue weighted by Crippen LogP contribution is 2.28. The summed E-state index contributed by atoms with van der Waals surface area (Å²) in [6, 6.07) is 22.5. The maximum Gasteiger partial charge on any atom is 0.266 e. The number of amides is 1. The van der Waals surface area contributed by atoms with Gasteiger partial charge in [-0.3, -0.25) is 14.2 Å². The number of hydrogen-bond acceptors (Lipinski definition) is 5. The zero-order valence-electron chi connectivity index (χ0n) is 18.7. The van der Waals surface area contributed by atoms with Crippen LogP contribution in [-0.4, -0.2) is 28.3 Å². The van der Waals surface area contributed by atoms with Crippen molar-refractivity contribution in [3.05, 3.63) is 94.3 Å². The number of benzene rings is 3. The maximum absolute atomic E-state index is 13.5. The van der Waals surface area contributed by atoms with Gasteiger partial charge in [-0.05, 0) is 49.2 Å². The predicted octanol–water partition coefficient (Wildman–Crippen LogP) is 4.67. The third-order valence-electron chi connectivity index (χ3n) is 5.33. The van der Waals surface area contributed by atoms with Crippen LogP contribution in [0.15, 0.2) is 82.7 Å². The van der Waals surface area contributed by atoms with Crippen molar-refractivity contribution in [3.63, 3.8) is 0 Å². The number of para-hydroxylation sites is 1. The van der Waals surface area contributed by atoms with Gasteiger partial charge in [0, 0.05) is 0 Å². The number of aryl methyl sites for hydroxylation is 1. The zero-order valence-corrected chi connectivity index (χ0v) is 19.6. The second kappa shape index (κ2) is 9.92. The van der Waals surface area contributed by atoms with Gasteiger partial charge >= 0.3 is 0 Å². The van der Waals surface area contributed by atoms with Crippen LogP contribution in [0.1, 0.15) is 24.1 Å². The van der Waals surface area contributed by atoms with E-state index < -0.39 is 0 Å². The van der Waals surface area contributed by atoms with E-state index in [1.54, 1.807) is 19.2 Å². The molecule has 0 saturated carbocycles. The van der Waals surface area contributed by atoms with Crippen LogP contribution < -0.4 is 15.6 Å². The van der Waals surface area contributed by atoms with E-state index in [4.69, 9.17) is 9.72 Å². The number of aromatic nitrogens is 2. The Bertz CT molecular complexity index is 1350. The fourth-order valence-corrected chi connectivity index (χ4v) is 4.45. The fraction of sp³-hybridized carbons (Fsp3) is 0.192. The monoisotopic (exact) mass is 459 g/mol. The lowest BCUT2D eigenvalue weighted by Crippen LogP contribution is -2.29. The largest absolute Gasteiger partial charge is 0.495 e. The molecule has 4 rings (SSSR count). The molecule has 1 N–H and O–H groups in total. The molecule has 4 aromatic rings. The summed E-state index contributed by atoms with van der Waals surface area (Å²) in [5.74, 6) is 0.543. The number of ether oxygens (including phenoxy) is 1. The van der Waals surface area contributed by atoms with E-state index in [1.165, 1.54) is 16.3 Å². The molecule has 1 amide bonds. The second-order valence-corrected chi connectivity index (χ2v) is 8.66. The molecule has 6 nitrogen and oxygen atoms in total. The van der Waals surface area contributed by atoms with Crippen LogP contribution in [0.25, 0.3) is 16.6 Å². The quantitative estimate of drug-likeness (QED) is 0.321. The van der Waals surface area contributed by atoms with Gasteiger partial charge in [-0.2, -0.15) is 0 Å². The number of nitrogens with one attached hydrogen (secondary N) is 1. The molecule has 168 valence electrons. The third-order valence-corrected chi connectivity index (χ3v) is 6.27. The molecule has 1 aromatic heterocycles. The summed E-state index contributed by atoms with van der Waals surface area (Å²) in [5, 5.41) is 3.95. The Morgan fingerprint density at radius 3 is 2.58 bits per heavy atom.